The molecule has 3 aromatic rings. The summed E-state index contributed by atoms with van der Waals surface area (Å²) in [5.74, 6) is 0.425. The fraction of sp³-hybridized carbons (Fsp3) is 0.0909. The Balaban J connectivity index is 2.26. The van der Waals surface area contributed by atoms with Crippen molar-refractivity contribution in [1.29, 1.82) is 0 Å². The zero-order valence-electron chi connectivity index (χ0n) is 10.7. The van der Waals surface area contributed by atoms with Crippen LogP contribution in [0.4, 0.5) is 5.95 Å². The summed E-state index contributed by atoms with van der Waals surface area (Å²) in [6, 6.07) is 7.54. The number of halogens is 1. The van der Waals surface area contributed by atoms with E-state index in [1.807, 2.05) is 24.3 Å². The van der Waals surface area contributed by atoms with Crippen molar-refractivity contribution in [2.45, 2.75) is 5.16 Å². The summed E-state index contributed by atoms with van der Waals surface area (Å²) in [5.41, 5.74) is 6.54. The van der Waals surface area contributed by atoms with E-state index in [2.05, 4.69) is 42.6 Å². The normalized spacial score (nSPS) is 11.9. The lowest BCUT2D eigenvalue weighted by molar-refractivity contribution is 0.592. The van der Waals surface area contributed by atoms with E-state index in [1.165, 1.54) is 4.52 Å². The molecule has 0 atom stereocenters. The maximum Gasteiger partial charge on any atom is 0.258 e. The van der Waals surface area contributed by atoms with Crippen LogP contribution in [0.1, 0.15) is 0 Å². The second-order valence-corrected chi connectivity index (χ2v) is 7.34. The molecule has 2 N–H and O–H groups in total. The molecule has 0 unspecified atom stereocenters. The Morgan fingerprint density at radius 1 is 1.19 bits per heavy atom. The Bertz CT molecular complexity index is 953. The summed E-state index contributed by atoms with van der Waals surface area (Å²) < 4.78 is 25.2. The number of rotatable bonds is 2. The Hall–Kier alpha value is -1.82. The molecule has 0 aliphatic carbocycles. The lowest BCUT2D eigenvalue weighted by Gasteiger charge is -1.99. The summed E-state index contributed by atoms with van der Waals surface area (Å²) in [5, 5.41) is 3.86. The molecule has 108 valence electrons. The first-order valence-electron chi connectivity index (χ1n) is 5.71. The van der Waals surface area contributed by atoms with E-state index in [1.54, 1.807) is 0 Å². The summed E-state index contributed by atoms with van der Waals surface area (Å²) in [7, 11) is -3.57. The van der Waals surface area contributed by atoms with Crippen LogP contribution in [0.3, 0.4) is 0 Å². The summed E-state index contributed by atoms with van der Waals surface area (Å²) in [4.78, 5) is 11.9. The molecule has 2 heterocycles. The van der Waals surface area contributed by atoms with Gasteiger partial charge in [0.2, 0.25) is 15.8 Å². The molecule has 3 rings (SSSR count). The molecule has 0 saturated carbocycles. The van der Waals surface area contributed by atoms with E-state index in [-0.39, 0.29) is 16.9 Å². The van der Waals surface area contributed by atoms with Gasteiger partial charge in [-0.05, 0) is 28.7 Å². The van der Waals surface area contributed by atoms with Crippen LogP contribution in [-0.4, -0.2) is 39.2 Å². The molecule has 0 spiro atoms. The summed E-state index contributed by atoms with van der Waals surface area (Å²) in [6.07, 6.45) is 1.01. The predicted molar refractivity (Wildman–Crippen MR) is 84.3 cm³/mol. The number of sulfone groups is 1. The number of nitrogens with zero attached hydrogens (tertiary/aromatic N) is 5. The van der Waals surface area contributed by atoms with Gasteiger partial charge in [0, 0.05) is 15.4 Å². The first-order valence-corrected chi connectivity index (χ1v) is 8.68. The van der Waals surface area contributed by atoms with E-state index >= 15 is 0 Å². The van der Waals surface area contributed by atoms with Gasteiger partial charge in [0.1, 0.15) is 0 Å². The van der Waals surface area contributed by atoms with E-state index in [0.717, 1.165) is 15.4 Å². The third-order valence-electron chi connectivity index (χ3n) is 2.66. The van der Waals surface area contributed by atoms with Gasteiger partial charge in [0.25, 0.3) is 10.9 Å². The van der Waals surface area contributed by atoms with Crippen molar-refractivity contribution in [3.63, 3.8) is 0 Å². The minimum atomic E-state index is -3.57. The minimum absolute atomic E-state index is 0.0786. The number of hydrogen-bond donors (Lipinski definition) is 1. The standard InChI is InChI=1S/C11H9IN6O2S/c1-21(19,20)11-15-9(13)18-10(16-11)14-8(17-18)6-4-2-3-5-7(6)12/h2-5H,1H3,(H2,13,14,15,16,17). The van der Waals surface area contributed by atoms with Crippen LogP contribution < -0.4 is 5.73 Å². The van der Waals surface area contributed by atoms with Crippen molar-refractivity contribution in [1.82, 2.24) is 24.6 Å². The van der Waals surface area contributed by atoms with Gasteiger partial charge in [-0.2, -0.15) is 19.5 Å². The van der Waals surface area contributed by atoms with Crippen LogP contribution in [-0.2, 0) is 9.84 Å². The highest BCUT2D eigenvalue weighted by molar-refractivity contribution is 14.1. The highest BCUT2D eigenvalue weighted by Gasteiger charge is 2.18. The average Bonchev–Trinajstić information content (AvgIpc) is 2.82. The Morgan fingerprint density at radius 2 is 1.90 bits per heavy atom. The van der Waals surface area contributed by atoms with Crippen LogP contribution in [0.2, 0.25) is 0 Å². The molecular formula is C11H9IN6O2S. The van der Waals surface area contributed by atoms with Crippen molar-refractivity contribution in [2.75, 3.05) is 12.0 Å². The van der Waals surface area contributed by atoms with E-state index in [9.17, 15) is 8.42 Å². The molecule has 8 nitrogen and oxygen atoms in total. The fourth-order valence-corrected chi connectivity index (χ4v) is 2.84. The minimum Gasteiger partial charge on any atom is -0.368 e. The van der Waals surface area contributed by atoms with Gasteiger partial charge in [-0.1, -0.05) is 18.2 Å². The number of nitrogen functional groups attached to an aromatic ring is 1. The lowest BCUT2D eigenvalue weighted by atomic mass is 10.2. The SMILES string of the molecule is CS(=O)(=O)c1nc(N)n2nc(-c3ccccc3I)nc2n1. The molecule has 10 heteroatoms. The lowest BCUT2D eigenvalue weighted by Crippen LogP contribution is -2.11. The van der Waals surface area contributed by atoms with E-state index < -0.39 is 9.84 Å². The van der Waals surface area contributed by atoms with Crippen molar-refractivity contribution >= 4 is 44.2 Å². The first kappa shape index (κ1) is 14.1. The van der Waals surface area contributed by atoms with Crippen LogP contribution in [0, 0.1) is 3.57 Å². The molecule has 0 aliphatic rings. The number of fused-ring (bicyclic) bond motifs is 1. The number of aromatic nitrogens is 5. The zero-order chi connectivity index (χ0) is 15.2. The average molecular weight is 416 g/mol. The van der Waals surface area contributed by atoms with Gasteiger partial charge in [0.05, 0.1) is 0 Å². The molecule has 0 saturated heterocycles. The third-order valence-corrected chi connectivity index (χ3v) is 4.45. The largest absolute Gasteiger partial charge is 0.368 e. The second kappa shape index (κ2) is 4.87. The maximum atomic E-state index is 11.5. The quantitative estimate of drug-likeness (QED) is 0.614. The van der Waals surface area contributed by atoms with Gasteiger partial charge < -0.3 is 5.73 Å². The van der Waals surface area contributed by atoms with E-state index in [4.69, 9.17) is 5.73 Å². The molecule has 0 radical (unpaired) electrons. The van der Waals surface area contributed by atoms with Crippen molar-refractivity contribution in [3.05, 3.63) is 27.8 Å². The number of hydrogen-bond acceptors (Lipinski definition) is 7. The number of benzene rings is 1. The highest BCUT2D eigenvalue weighted by atomic mass is 127. The van der Waals surface area contributed by atoms with Crippen molar-refractivity contribution < 1.29 is 8.42 Å². The predicted octanol–water partition coefficient (Wildman–Crippen LogP) is 0.777. The molecule has 21 heavy (non-hydrogen) atoms. The van der Waals surface area contributed by atoms with Gasteiger partial charge in [-0.15, -0.1) is 5.10 Å². The van der Waals surface area contributed by atoms with Crippen LogP contribution in [0.15, 0.2) is 29.4 Å². The monoisotopic (exact) mass is 416 g/mol. The summed E-state index contributed by atoms with van der Waals surface area (Å²) >= 11 is 2.16. The molecule has 2 aromatic heterocycles. The molecule has 1 aromatic carbocycles. The first-order chi connectivity index (χ1) is 9.86. The highest BCUT2D eigenvalue weighted by Crippen LogP contribution is 2.22. The molecule has 0 bridgehead atoms. The Labute approximate surface area is 133 Å². The number of anilines is 1. The van der Waals surface area contributed by atoms with E-state index in [0.29, 0.717) is 5.82 Å². The second-order valence-electron chi connectivity index (χ2n) is 4.26. The third kappa shape index (κ3) is 2.55. The van der Waals surface area contributed by atoms with Crippen LogP contribution in [0.25, 0.3) is 17.2 Å². The van der Waals surface area contributed by atoms with Crippen LogP contribution >= 0.6 is 22.6 Å². The van der Waals surface area contributed by atoms with Gasteiger partial charge in [-0.25, -0.2) is 8.42 Å². The van der Waals surface area contributed by atoms with Gasteiger partial charge >= 0.3 is 0 Å². The molecule has 0 amide bonds. The van der Waals surface area contributed by atoms with Crippen molar-refractivity contribution in [2.24, 2.45) is 0 Å². The fourth-order valence-electron chi connectivity index (χ4n) is 1.71. The zero-order valence-corrected chi connectivity index (χ0v) is 13.7. The number of nitrogens with two attached hydrogens (primary N) is 1. The maximum absolute atomic E-state index is 11.5. The van der Waals surface area contributed by atoms with Gasteiger partial charge in [0.15, 0.2) is 5.82 Å². The summed E-state index contributed by atoms with van der Waals surface area (Å²) in [6.45, 7) is 0. The van der Waals surface area contributed by atoms with Gasteiger partial charge in [-0.3, -0.25) is 0 Å². The van der Waals surface area contributed by atoms with Crippen molar-refractivity contribution in [3.8, 4) is 11.4 Å². The van der Waals surface area contributed by atoms with Crippen LogP contribution in [0.5, 0.6) is 0 Å². The molecular weight excluding hydrogens is 407 g/mol. The Kier molecular flexibility index (Phi) is 3.28. The molecule has 0 aliphatic heterocycles. The smallest absolute Gasteiger partial charge is 0.258 e. The topological polar surface area (TPSA) is 116 Å². The Morgan fingerprint density at radius 3 is 2.57 bits per heavy atom. The molecule has 0 fully saturated rings.